The zero-order valence-electron chi connectivity index (χ0n) is 12.1. The average molecular weight is 336 g/mol. The van der Waals surface area contributed by atoms with Crippen molar-refractivity contribution in [3.8, 4) is 0 Å². The van der Waals surface area contributed by atoms with Crippen LogP contribution in [-0.2, 0) is 0 Å². The fraction of sp³-hybridized carbons (Fsp3) is 1.00. The summed E-state index contributed by atoms with van der Waals surface area (Å²) >= 11 is 2.70. The highest BCUT2D eigenvalue weighted by molar-refractivity contribution is 14.1. The van der Waals surface area contributed by atoms with Gasteiger partial charge < -0.3 is 0 Å². The Bertz CT molecular complexity index is 240. The van der Waals surface area contributed by atoms with E-state index in [9.17, 15) is 0 Å². The van der Waals surface area contributed by atoms with Crippen molar-refractivity contribution in [1.29, 1.82) is 0 Å². The molecule has 3 unspecified atom stereocenters. The first kappa shape index (κ1) is 14.8. The van der Waals surface area contributed by atoms with E-state index in [0.717, 1.165) is 21.7 Å². The molecule has 1 aliphatic carbocycles. The van der Waals surface area contributed by atoms with Crippen LogP contribution in [0.3, 0.4) is 0 Å². The number of hydrogen-bond acceptors (Lipinski definition) is 0. The molecule has 0 aromatic rings. The van der Waals surface area contributed by atoms with E-state index >= 15 is 0 Å². The third-order valence-electron chi connectivity index (χ3n) is 5.66. The molecule has 0 amide bonds. The van der Waals surface area contributed by atoms with Gasteiger partial charge in [-0.3, -0.25) is 0 Å². The van der Waals surface area contributed by atoms with Crippen molar-refractivity contribution in [2.45, 2.75) is 65.2 Å². The normalized spacial score (nSPS) is 34.3. The van der Waals surface area contributed by atoms with Crippen molar-refractivity contribution < 1.29 is 0 Å². The second kappa shape index (κ2) is 4.78. The molecule has 0 aromatic heterocycles. The van der Waals surface area contributed by atoms with Crippen LogP contribution >= 0.6 is 22.6 Å². The Morgan fingerprint density at radius 2 is 1.62 bits per heavy atom. The lowest BCUT2D eigenvalue weighted by molar-refractivity contribution is 0.0730. The second-order valence-corrected chi connectivity index (χ2v) is 8.52. The van der Waals surface area contributed by atoms with Gasteiger partial charge in [0.05, 0.1) is 0 Å². The number of halogens is 1. The average Bonchev–Trinajstić information content (AvgIpc) is 2.33. The molecular formula is C15H29I. The first-order valence-electron chi connectivity index (χ1n) is 6.80. The Morgan fingerprint density at radius 1 is 1.12 bits per heavy atom. The topological polar surface area (TPSA) is 0 Å². The van der Waals surface area contributed by atoms with Gasteiger partial charge in [0.2, 0.25) is 0 Å². The van der Waals surface area contributed by atoms with Gasteiger partial charge in [0.25, 0.3) is 0 Å². The zero-order chi connectivity index (χ0) is 12.7. The van der Waals surface area contributed by atoms with Crippen LogP contribution in [0, 0.1) is 28.6 Å². The number of rotatable bonds is 3. The molecule has 96 valence electrons. The molecule has 0 aliphatic heterocycles. The predicted octanol–water partition coefficient (Wildman–Crippen LogP) is 5.54. The molecule has 16 heavy (non-hydrogen) atoms. The maximum atomic E-state index is 2.70. The molecule has 1 fully saturated rings. The molecule has 1 saturated carbocycles. The molecule has 1 rings (SSSR count). The van der Waals surface area contributed by atoms with Gasteiger partial charge in [0.1, 0.15) is 0 Å². The minimum Gasteiger partial charge on any atom is -0.0820 e. The minimum atomic E-state index is 0.476. The van der Waals surface area contributed by atoms with Crippen LogP contribution in [0.1, 0.15) is 61.3 Å². The van der Waals surface area contributed by atoms with Crippen molar-refractivity contribution in [3.05, 3.63) is 0 Å². The Kier molecular flexibility index (Phi) is 4.42. The lowest BCUT2D eigenvalue weighted by Gasteiger charge is -2.43. The van der Waals surface area contributed by atoms with Crippen molar-refractivity contribution in [3.63, 3.8) is 0 Å². The largest absolute Gasteiger partial charge is 0.0820 e. The molecule has 0 radical (unpaired) electrons. The third-order valence-corrected chi connectivity index (χ3v) is 7.97. The van der Waals surface area contributed by atoms with Gasteiger partial charge in [-0.25, -0.2) is 0 Å². The minimum absolute atomic E-state index is 0.476. The smallest absolute Gasteiger partial charge is 0.0166 e. The Balaban J connectivity index is 2.99. The summed E-state index contributed by atoms with van der Waals surface area (Å²) in [6.45, 7) is 17.1. The monoisotopic (exact) mass is 336 g/mol. The van der Waals surface area contributed by atoms with E-state index in [4.69, 9.17) is 0 Å². The second-order valence-electron chi connectivity index (χ2n) is 7.08. The van der Waals surface area contributed by atoms with Crippen LogP contribution in [0.25, 0.3) is 0 Å². The summed E-state index contributed by atoms with van der Waals surface area (Å²) in [6.07, 6.45) is 2.77. The van der Waals surface area contributed by atoms with Gasteiger partial charge >= 0.3 is 0 Å². The van der Waals surface area contributed by atoms with E-state index in [0.29, 0.717) is 10.8 Å². The standard InChI is InChI=1S/C15H29I/c1-8-11-9-12(13(16)10(2)3)15(6,7)14(11,4)5/h10-13H,8-9H2,1-7H3. The van der Waals surface area contributed by atoms with E-state index in [2.05, 4.69) is 71.1 Å². The molecule has 1 heteroatoms. The molecule has 0 heterocycles. The predicted molar refractivity (Wildman–Crippen MR) is 82.1 cm³/mol. The first-order chi connectivity index (χ1) is 7.16. The lowest BCUT2D eigenvalue weighted by Crippen LogP contribution is -2.38. The van der Waals surface area contributed by atoms with Gasteiger partial charge in [-0.2, -0.15) is 0 Å². The van der Waals surface area contributed by atoms with Gasteiger partial charge in [-0.15, -0.1) is 0 Å². The zero-order valence-corrected chi connectivity index (χ0v) is 14.3. The van der Waals surface area contributed by atoms with Crippen LogP contribution < -0.4 is 0 Å². The van der Waals surface area contributed by atoms with Gasteiger partial charge in [0.15, 0.2) is 0 Å². The van der Waals surface area contributed by atoms with Crippen molar-refractivity contribution >= 4 is 22.6 Å². The molecule has 0 saturated heterocycles. The Hall–Kier alpha value is 0.730. The van der Waals surface area contributed by atoms with Crippen molar-refractivity contribution in [1.82, 2.24) is 0 Å². The molecule has 0 aromatic carbocycles. The quantitative estimate of drug-likeness (QED) is 0.469. The van der Waals surface area contributed by atoms with Crippen LogP contribution in [0.4, 0.5) is 0 Å². The van der Waals surface area contributed by atoms with Gasteiger partial charge in [-0.05, 0) is 35.0 Å². The summed E-state index contributed by atoms with van der Waals surface area (Å²) < 4.78 is 0.823. The molecule has 0 bridgehead atoms. The SMILES string of the molecule is CCC1CC(C(I)C(C)C)C(C)(C)C1(C)C. The van der Waals surface area contributed by atoms with E-state index < -0.39 is 0 Å². The lowest BCUT2D eigenvalue weighted by atomic mass is 9.63. The Labute approximate surface area is 116 Å². The van der Waals surface area contributed by atoms with Crippen molar-refractivity contribution in [2.75, 3.05) is 0 Å². The van der Waals surface area contributed by atoms with Crippen LogP contribution in [0.5, 0.6) is 0 Å². The number of alkyl halides is 1. The summed E-state index contributed by atoms with van der Waals surface area (Å²) in [4.78, 5) is 0. The highest BCUT2D eigenvalue weighted by atomic mass is 127. The van der Waals surface area contributed by atoms with E-state index in [1.165, 1.54) is 12.8 Å². The summed E-state index contributed by atoms with van der Waals surface area (Å²) in [6, 6.07) is 0. The third kappa shape index (κ3) is 2.18. The maximum Gasteiger partial charge on any atom is 0.0166 e. The molecule has 1 aliphatic rings. The van der Waals surface area contributed by atoms with Gasteiger partial charge in [0, 0.05) is 3.92 Å². The summed E-state index contributed by atoms with van der Waals surface area (Å²) in [7, 11) is 0. The molecule has 0 spiro atoms. The summed E-state index contributed by atoms with van der Waals surface area (Å²) in [5.74, 6) is 2.59. The molecule has 0 nitrogen and oxygen atoms in total. The van der Waals surface area contributed by atoms with E-state index in [-0.39, 0.29) is 0 Å². The van der Waals surface area contributed by atoms with Crippen LogP contribution in [0.15, 0.2) is 0 Å². The number of hydrogen-bond donors (Lipinski definition) is 0. The first-order valence-corrected chi connectivity index (χ1v) is 8.04. The summed E-state index contributed by atoms with van der Waals surface area (Å²) in [5.41, 5.74) is 0.967. The van der Waals surface area contributed by atoms with E-state index in [1.54, 1.807) is 0 Å². The van der Waals surface area contributed by atoms with E-state index in [1.807, 2.05) is 0 Å². The highest BCUT2D eigenvalue weighted by Gasteiger charge is 2.55. The fourth-order valence-corrected chi connectivity index (χ4v) is 4.76. The van der Waals surface area contributed by atoms with Crippen LogP contribution in [0.2, 0.25) is 0 Å². The van der Waals surface area contributed by atoms with Gasteiger partial charge in [-0.1, -0.05) is 77.5 Å². The molecular weight excluding hydrogens is 307 g/mol. The maximum absolute atomic E-state index is 2.70. The Morgan fingerprint density at radius 3 is 1.94 bits per heavy atom. The fourth-order valence-electron chi connectivity index (χ4n) is 3.57. The summed E-state index contributed by atoms with van der Waals surface area (Å²) in [5, 5.41) is 0. The molecule has 3 atom stereocenters. The van der Waals surface area contributed by atoms with Crippen molar-refractivity contribution in [2.24, 2.45) is 28.6 Å². The highest BCUT2D eigenvalue weighted by Crippen LogP contribution is 2.62. The molecule has 0 N–H and O–H groups in total. The van der Waals surface area contributed by atoms with Crippen LogP contribution in [-0.4, -0.2) is 3.92 Å².